The number of nitrogens with one attached hydrogen (secondary N) is 4. The zero-order valence-electron chi connectivity index (χ0n) is 10.00. The monoisotopic (exact) mass is 238 g/mol. The van der Waals surface area contributed by atoms with Crippen LogP contribution in [0.4, 0.5) is 0 Å². The van der Waals surface area contributed by atoms with Gasteiger partial charge in [-0.2, -0.15) is 0 Å². The van der Waals surface area contributed by atoms with Crippen LogP contribution < -0.4 is 22.1 Å². The molecule has 2 aliphatic rings. The molecule has 2 saturated carbocycles. The molecule has 2 aliphatic carbocycles. The number of guanidine groups is 2. The second-order valence-electron chi connectivity index (χ2n) is 5.25. The molecule has 0 spiro atoms. The van der Waals surface area contributed by atoms with Crippen molar-refractivity contribution in [1.82, 2.24) is 10.6 Å². The van der Waals surface area contributed by atoms with Gasteiger partial charge in [-0.1, -0.05) is 0 Å². The van der Waals surface area contributed by atoms with E-state index in [0.29, 0.717) is 23.9 Å². The molecule has 0 bridgehead atoms. The Bertz CT molecular complexity index is 315. The Kier molecular flexibility index (Phi) is 3.40. The lowest BCUT2D eigenvalue weighted by Gasteiger charge is -2.25. The standard InChI is InChI=1S/C11H22N6/c12-10(13)16-7-2-1-3-9(17-11(14)15)8-5-6(8)4-7/h6-9H,1-5H2,(H4,12,13,16)(H4,14,15,17). The number of nitrogens with two attached hydrogens (primary N) is 2. The van der Waals surface area contributed by atoms with Crippen molar-refractivity contribution in [1.29, 1.82) is 10.8 Å². The van der Waals surface area contributed by atoms with Crippen LogP contribution in [0.15, 0.2) is 0 Å². The summed E-state index contributed by atoms with van der Waals surface area (Å²) in [6.07, 6.45) is 5.47. The minimum Gasteiger partial charge on any atom is -0.370 e. The summed E-state index contributed by atoms with van der Waals surface area (Å²) >= 11 is 0. The van der Waals surface area contributed by atoms with Gasteiger partial charge in [0.1, 0.15) is 0 Å². The molecule has 0 radical (unpaired) electrons. The zero-order valence-corrected chi connectivity index (χ0v) is 10.00. The van der Waals surface area contributed by atoms with Crippen LogP contribution in [0, 0.1) is 22.7 Å². The van der Waals surface area contributed by atoms with Crippen LogP contribution in [0.5, 0.6) is 0 Å². The summed E-state index contributed by atoms with van der Waals surface area (Å²) in [5.74, 6) is 1.50. The van der Waals surface area contributed by atoms with Gasteiger partial charge in [0.2, 0.25) is 0 Å². The highest BCUT2D eigenvalue weighted by Crippen LogP contribution is 2.47. The summed E-state index contributed by atoms with van der Waals surface area (Å²) in [5, 5.41) is 20.7. The lowest BCUT2D eigenvalue weighted by atomic mass is 9.93. The molecule has 6 nitrogen and oxygen atoms in total. The average Bonchev–Trinajstić information content (AvgIpc) is 2.91. The van der Waals surface area contributed by atoms with Gasteiger partial charge >= 0.3 is 0 Å². The number of rotatable bonds is 2. The molecule has 0 aromatic carbocycles. The quantitative estimate of drug-likeness (QED) is 0.297. The first-order valence-electron chi connectivity index (χ1n) is 6.27. The van der Waals surface area contributed by atoms with Crippen molar-refractivity contribution in [2.24, 2.45) is 23.3 Å². The molecule has 0 aromatic rings. The summed E-state index contributed by atoms with van der Waals surface area (Å²) in [6.45, 7) is 0. The van der Waals surface area contributed by atoms with Crippen LogP contribution in [0.25, 0.3) is 0 Å². The summed E-state index contributed by atoms with van der Waals surface area (Å²) in [7, 11) is 0. The average molecular weight is 238 g/mol. The van der Waals surface area contributed by atoms with Crippen molar-refractivity contribution in [2.75, 3.05) is 0 Å². The van der Waals surface area contributed by atoms with Crippen molar-refractivity contribution in [3.05, 3.63) is 0 Å². The molecule has 8 N–H and O–H groups in total. The molecule has 17 heavy (non-hydrogen) atoms. The minimum atomic E-state index is 0.0752. The fourth-order valence-corrected chi connectivity index (χ4v) is 3.05. The van der Waals surface area contributed by atoms with Crippen LogP contribution >= 0.6 is 0 Å². The zero-order chi connectivity index (χ0) is 12.4. The van der Waals surface area contributed by atoms with Gasteiger partial charge in [0.05, 0.1) is 0 Å². The first-order valence-corrected chi connectivity index (χ1v) is 6.27. The van der Waals surface area contributed by atoms with Crippen molar-refractivity contribution < 1.29 is 0 Å². The van der Waals surface area contributed by atoms with Gasteiger partial charge in [0, 0.05) is 12.1 Å². The number of hydrogen-bond donors (Lipinski definition) is 6. The van der Waals surface area contributed by atoms with Gasteiger partial charge in [0.15, 0.2) is 11.9 Å². The summed E-state index contributed by atoms with van der Waals surface area (Å²) in [6, 6.07) is 0.719. The molecule has 0 aromatic heterocycles. The molecular weight excluding hydrogens is 216 g/mol. The van der Waals surface area contributed by atoms with Gasteiger partial charge in [-0.3, -0.25) is 10.8 Å². The molecule has 6 heteroatoms. The molecule has 0 saturated heterocycles. The van der Waals surface area contributed by atoms with Crippen LogP contribution in [-0.2, 0) is 0 Å². The first-order chi connectivity index (χ1) is 8.06. The van der Waals surface area contributed by atoms with Gasteiger partial charge in [-0.15, -0.1) is 0 Å². The van der Waals surface area contributed by atoms with E-state index >= 15 is 0 Å². The molecule has 0 aliphatic heterocycles. The first kappa shape index (κ1) is 12.0. The van der Waals surface area contributed by atoms with Crippen LogP contribution in [0.2, 0.25) is 0 Å². The van der Waals surface area contributed by atoms with Gasteiger partial charge < -0.3 is 22.1 Å². The van der Waals surface area contributed by atoms with Crippen molar-refractivity contribution in [3.63, 3.8) is 0 Å². The van der Waals surface area contributed by atoms with E-state index in [1.54, 1.807) is 0 Å². The van der Waals surface area contributed by atoms with E-state index in [1.807, 2.05) is 0 Å². The van der Waals surface area contributed by atoms with E-state index in [4.69, 9.17) is 22.3 Å². The Labute approximate surface area is 102 Å². The number of fused-ring (bicyclic) bond motifs is 1. The number of hydrogen-bond acceptors (Lipinski definition) is 2. The predicted molar refractivity (Wildman–Crippen MR) is 67.7 cm³/mol. The smallest absolute Gasteiger partial charge is 0.185 e. The summed E-state index contributed by atoms with van der Waals surface area (Å²) in [4.78, 5) is 0. The second kappa shape index (κ2) is 4.81. The largest absolute Gasteiger partial charge is 0.370 e. The lowest BCUT2D eigenvalue weighted by molar-refractivity contribution is 0.367. The van der Waals surface area contributed by atoms with E-state index < -0.39 is 0 Å². The van der Waals surface area contributed by atoms with E-state index in [-0.39, 0.29) is 11.9 Å². The third kappa shape index (κ3) is 3.25. The van der Waals surface area contributed by atoms with E-state index in [1.165, 1.54) is 6.42 Å². The van der Waals surface area contributed by atoms with Crippen molar-refractivity contribution in [2.45, 2.75) is 44.2 Å². The molecule has 4 unspecified atom stereocenters. The molecular formula is C11H22N6. The molecule has 0 heterocycles. The minimum absolute atomic E-state index is 0.0752. The molecule has 0 amide bonds. The van der Waals surface area contributed by atoms with Crippen LogP contribution in [0.1, 0.15) is 32.1 Å². The van der Waals surface area contributed by atoms with Gasteiger partial charge in [-0.05, 0) is 43.9 Å². The van der Waals surface area contributed by atoms with Crippen molar-refractivity contribution in [3.8, 4) is 0 Å². The van der Waals surface area contributed by atoms with Crippen LogP contribution in [-0.4, -0.2) is 24.0 Å². The Hall–Kier alpha value is -1.46. The fraction of sp³-hybridized carbons (Fsp3) is 0.818. The van der Waals surface area contributed by atoms with Gasteiger partial charge in [0.25, 0.3) is 0 Å². The second-order valence-corrected chi connectivity index (χ2v) is 5.25. The highest BCUT2D eigenvalue weighted by Gasteiger charge is 2.44. The van der Waals surface area contributed by atoms with Gasteiger partial charge in [-0.25, -0.2) is 0 Å². The normalized spacial score (nSPS) is 36.0. The summed E-state index contributed by atoms with van der Waals surface area (Å²) in [5.41, 5.74) is 10.8. The maximum atomic E-state index is 7.31. The van der Waals surface area contributed by atoms with E-state index in [2.05, 4.69) is 10.6 Å². The predicted octanol–water partition coefficient (Wildman–Crippen LogP) is -0.100. The van der Waals surface area contributed by atoms with E-state index in [9.17, 15) is 0 Å². The molecule has 4 atom stereocenters. The third-order valence-electron chi connectivity index (χ3n) is 3.85. The highest BCUT2D eigenvalue weighted by molar-refractivity contribution is 5.75. The maximum absolute atomic E-state index is 7.31. The third-order valence-corrected chi connectivity index (χ3v) is 3.85. The lowest BCUT2D eigenvalue weighted by Crippen LogP contribution is -2.43. The maximum Gasteiger partial charge on any atom is 0.185 e. The summed E-state index contributed by atoms with van der Waals surface area (Å²) < 4.78 is 0. The van der Waals surface area contributed by atoms with Crippen molar-refractivity contribution >= 4 is 11.9 Å². The Morgan fingerprint density at radius 2 is 1.71 bits per heavy atom. The Morgan fingerprint density at radius 1 is 1.00 bits per heavy atom. The topological polar surface area (TPSA) is 124 Å². The SMILES string of the molecule is N=C(N)NC1CCCC(NC(=N)N)C2CC2C1. The van der Waals surface area contributed by atoms with E-state index in [0.717, 1.165) is 25.7 Å². The highest BCUT2D eigenvalue weighted by atomic mass is 15.1. The Balaban J connectivity index is 1.87. The molecule has 2 rings (SSSR count). The molecule has 2 fully saturated rings. The Morgan fingerprint density at radius 3 is 2.35 bits per heavy atom. The fourth-order valence-electron chi connectivity index (χ4n) is 3.05. The van der Waals surface area contributed by atoms with Crippen LogP contribution in [0.3, 0.4) is 0 Å². The molecule has 96 valence electrons.